The second-order valence-corrected chi connectivity index (χ2v) is 14.6. The number of hydrogen-bond donors (Lipinski definition) is 0. The van der Waals surface area contributed by atoms with Crippen LogP contribution in [0.2, 0.25) is 0 Å². The van der Waals surface area contributed by atoms with Gasteiger partial charge in [-0.2, -0.15) is 0 Å². The van der Waals surface area contributed by atoms with Crippen LogP contribution in [0.1, 0.15) is 132 Å². The predicted octanol–water partition coefficient (Wildman–Crippen LogP) is 9.38. The second-order valence-electron chi connectivity index (χ2n) is 14.6. The van der Waals surface area contributed by atoms with Crippen LogP contribution in [0.25, 0.3) is 0 Å². The second kappa shape index (κ2) is 10.9. The fourth-order valence-electron chi connectivity index (χ4n) is 9.40. The number of carbonyl (C=O) groups is 1. The van der Waals surface area contributed by atoms with Gasteiger partial charge in [-0.25, -0.2) is 0 Å². The summed E-state index contributed by atoms with van der Waals surface area (Å²) in [6.45, 7) is 16.9. The average molecular weight is 485 g/mol. The largest absolute Gasteiger partial charge is 0.462 e. The van der Waals surface area contributed by atoms with Crippen LogP contribution in [-0.4, -0.2) is 12.1 Å². The summed E-state index contributed by atoms with van der Waals surface area (Å²) in [7, 11) is 0. The summed E-state index contributed by atoms with van der Waals surface area (Å²) in [4.78, 5) is 12.4. The van der Waals surface area contributed by atoms with Crippen molar-refractivity contribution in [3.63, 3.8) is 0 Å². The van der Waals surface area contributed by atoms with Gasteiger partial charge in [0, 0.05) is 12.8 Å². The number of hydrogen-bond acceptors (Lipinski definition) is 2. The molecule has 0 unspecified atom stereocenters. The Bertz CT molecular complexity index is 765. The summed E-state index contributed by atoms with van der Waals surface area (Å²) in [5.74, 6) is 5.87. The number of rotatable bonds is 9. The molecule has 0 aliphatic heterocycles. The van der Waals surface area contributed by atoms with Crippen LogP contribution in [0.3, 0.4) is 0 Å². The minimum Gasteiger partial charge on any atom is -0.462 e. The number of ether oxygens (including phenoxy) is 1. The first-order valence-electron chi connectivity index (χ1n) is 15.4. The molecule has 2 nitrogen and oxygen atoms in total. The molecule has 3 saturated carbocycles. The lowest BCUT2D eigenvalue weighted by Gasteiger charge is -2.58. The zero-order valence-corrected chi connectivity index (χ0v) is 24.2. The first-order valence-corrected chi connectivity index (χ1v) is 15.4. The molecule has 8 atom stereocenters. The van der Waals surface area contributed by atoms with Gasteiger partial charge in [-0.3, -0.25) is 4.79 Å². The number of allylic oxidation sites excluding steroid dienone is 1. The first-order chi connectivity index (χ1) is 16.5. The lowest BCUT2D eigenvalue weighted by atomic mass is 9.47. The Morgan fingerprint density at radius 1 is 0.943 bits per heavy atom. The smallest absolute Gasteiger partial charge is 0.306 e. The number of fused-ring (bicyclic) bond motifs is 5. The van der Waals surface area contributed by atoms with Crippen molar-refractivity contribution < 1.29 is 9.53 Å². The maximum absolute atomic E-state index is 12.4. The van der Waals surface area contributed by atoms with Crippen molar-refractivity contribution in [3.05, 3.63) is 11.6 Å². The third kappa shape index (κ3) is 5.57. The van der Waals surface area contributed by atoms with Crippen LogP contribution in [0.15, 0.2) is 11.6 Å². The molecule has 3 fully saturated rings. The lowest BCUT2D eigenvalue weighted by Crippen LogP contribution is -2.51. The van der Waals surface area contributed by atoms with E-state index in [4.69, 9.17) is 4.74 Å². The Morgan fingerprint density at radius 3 is 2.40 bits per heavy atom. The van der Waals surface area contributed by atoms with Gasteiger partial charge in [0.25, 0.3) is 0 Å². The van der Waals surface area contributed by atoms with E-state index >= 15 is 0 Å². The molecule has 4 rings (SSSR count). The monoisotopic (exact) mass is 484 g/mol. The molecule has 0 radical (unpaired) electrons. The van der Waals surface area contributed by atoms with Crippen LogP contribution < -0.4 is 0 Å². The van der Waals surface area contributed by atoms with Crippen molar-refractivity contribution in [1.29, 1.82) is 0 Å². The van der Waals surface area contributed by atoms with Crippen LogP contribution in [0.5, 0.6) is 0 Å². The zero-order valence-electron chi connectivity index (χ0n) is 24.2. The molecule has 2 heteroatoms. The summed E-state index contributed by atoms with van der Waals surface area (Å²) in [6.07, 6.45) is 18.8. The van der Waals surface area contributed by atoms with Crippen LogP contribution in [0.4, 0.5) is 0 Å². The molecule has 0 spiro atoms. The number of carbonyl (C=O) groups excluding carboxylic acids is 1. The quantitative estimate of drug-likeness (QED) is 0.241. The van der Waals surface area contributed by atoms with E-state index in [0.29, 0.717) is 23.2 Å². The Hall–Kier alpha value is -0.790. The van der Waals surface area contributed by atoms with E-state index in [1.807, 2.05) is 0 Å². The van der Waals surface area contributed by atoms with Crippen LogP contribution in [0, 0.1) is 52.3 Å². The van der Waals surface area contributed by atoms with E-state index in [0.717, 1.165) is 54.8 Å². The Kier molecular flexibility index (Phi) is 8.49. The highest BCUT2D eigenvalue weighted by molar-refractivity contribution is 5.69. The van der Waals surface area contributed by atoms with Crippen molar-refractivity contribution >= 4 is 5.97 Å². The highest BCUT2D eigenvalue weighted by Gasteiger charge is 2.59. The third-order valence-electron chi connectivity index (χ3n) is 11.5. The molecule has 0 amide bonds. The van der Waals surface area contributed by atoms with Gasteiger partial charge in [-0.15, -0.1) is 0 Å². The van der Waals surface area contributed by atoms with Gasteiger partial charge in [0.2, 0.25) is 0 Å². The third-order valence-corrected chi connectivity index (χ3v) is 11.5. The molecule has 0 heterocycles. The van der Waals surface area contributed by atoms with E-state index in [1.54, 1.807) is 5.57 Å². The zero-order chi connectivity index (χ0) is 25.4. The summed E-state index contributed by atoms with van der Waals surface area (Å²) in [5.41, 5.74) is 2.53. The normalized spacial score (nSPS) is 39.6. The predicted molar refractivity (Wildman–Crippen MR) is 147 cm³/mol. The van der Waals surface area contributed by atoms with Gasteiger partial charge in [0.05, 0.1) is 0 Å². The Balaban J connectivity index is 1.40. The average Bonchev–Trinajstić information content (AvgIpc) is 3.15. The van der Waals surface area contributed by atoms with Gasteiger partial charge in [0.1, 0.15) is 6.10 Å². The molecule has 0 aromatic carbocycles. The summed E-state index contributed by atoms with van der Waals surface area (Å²) >= 11 is 0. The van der Waals surface area contributed by atoms with Gasteiger partial charge < -0.3 is 4.74 Å². The number of esters is 1. The molecule has 4 aliphatic rings. The van der Waals surface area contributed by atoms with Gasteiger partial charge in [0.15, 0.2) is 0 Å². The van der Waals surface area contributed by atoms with Gasteiger partial charge in [-0.05, 0) is 104 Å². The molecular formula is C33H56O2. The van der Waals surface area contributed by atoms with Crippen molar-refractivity contribution in [2.24, 2.45) is 52.3 Å². The molecule has 0 saturated heterocycles. The van der Waals surface area contributed by atoms with Crippen LogP contribution in [-0.2, 0) is 9.53 Å². The molecule has 200 valence electrons. The topological polar surface area (TPSA) is 26.3 Å². The highest BCUT2D eigenvalue weighted by Crippen LogP contribution is 2.67. The maximum atomic E-state index is 12.4. The maximum Gasteiger partial charge on any atom is 0.306 e. The molecular weight excluding hydrogens is 428 g/mol. The SMILES string of the molecule is CC(C)CCC[C@@H](C)[C@H]1CC[C@H]2[C@@H]3CC=C4C[C@H](OC(=O)CCC(C)C)CC[C@]4(C)[C@H]3CC[C@]12C. The Morgan fingerprint density at radius 2 is 1.69 bits per heavy atom. The van der Waals surface area contributed by atoms with E-state index in [1.165, 1.54) is 57.8 Å². The molecule has 35 heavy (non-hydrogen) atoms. The van der Waals surface area contributed by atoms with Gasteiger partial charge >= 0.3 is 5.97 Å². The summed E-state index contributed by atoms with van der Waals surface area (Å²) in [5, 5.41) is 0. The fourth-order valence-corrected chi connectivity index (χ4v) is 9.40. The van der Waals surface area contributed by atoms with Crippen molar-refractivity contribution in [1.82, 2.24) is 0 Å². The summed E-state index contributed by atoms with van der Waals surface area (Å²) < 4.78 is 5.96. The van der Waals surface area contributed by atoms with E-state index in [9.17, 15) is 4.79 Å². The molecule has 0 bridgehead atoms. The molecule has 0 N–H and O–H groups in total. The first kappa shape index (κ1) is 27.3. The fraction of sp³-hybridized carbons (Fsp3) is 0.909. The Labute approximate surface area is 217 Å². The van der Waals surface area contributed by atoms with E-state index in [2.05, 4.69) is 54.5 Å². The van der Waals surface area contributed by atoms with Crippen molar-refractivity contribution in [3.8, 4) is 0 Å². The molecule has 0 aromatic rings. The molecule has 4 aliphatic carbocycles. The summed E-state index contributed by atoms with van der Waals surface area (Å²) in [6, 6.07) is 0. The highest BCUT2D eigenvalue weighted by atomic mass is 16.5. The standard InChI is InChI=1S/C33H56O2/c1-22(2)9-8-10-24(5)28-14-15-29-27-13-12-25-21-26(35-31(34)16-11-23(3)4)17-19-32(25,6)30(27)18-20-33(28,29)7/h12,22-24,26-30H,8-11,13-21H2,1-7H3/t24-,26-,27+,28-,29+,30+,32+,33-/m1/s1. The van der Waals surface area contributed by atoms with E-state index < -0.39 is 0 Å². The molecule has 0 aromatic heterocycles. The van der Waals surface area contributed by atoms with Crippen molar-refractivity contribution in [2.45, 2.75) is 138 Å². The van der Waals surface area contributed by atoms with Gasteiger partial charge in [-0.1, -0.05) is 79.4 Å². The minimum atomic E-state index is 0.0227. The van der Waals surface area contributed by atoms with Crippen LogP contribution >= 0.6 is 0 Å². The minimum absolute atomic E-state index is 0.0227. The van der Waals surface area contributed by atoms with Crippen molar-refractivity contribution in [2.75, 3.05) is 0 Å². The lowest BCUT2D eigenvalue weighted by molar-refractivity contribution is -0.151. The van der Waals surface area contributed by atoms with E-state index in [-0.39, 0.29) is 12.1 Å².